The van der Waals surface area contributed by atoms with E-state index in [1.54, 1.807) is 6.08 Å². The Balaban J connectivity index is 2.03. The van der Waals surface area contributed by atoms with Crippen molar-refractivity contribution in [3.8, 4) is 0 Å². The molecule has 90 valence electrons. The molecule has 1 N–H and O–H groups in total. The van der Waals surface area contributed by atoms with Crippen LogP contribution in [0.3, 0.4) is 0 Å². The molecular weight excluding hydrogens is 224 g/mol. The number of fused-ring (bicyclic) bond motifs is 1. The maximum Gasteiger partial charge on any atom is 0.328 e. The Bertz CT molecular complexity index is 560. The zero-order valence-corrected chi connectivity index (χ0v) is 9.91. The summed E-state index contributed by atoms with van der Waals surface area (Å²) in [6.07, 6.45) is 13.3. The first-order chi connectivity index (χ1) is 8.75. The van der Waals surface area contributed by atoms with Crippen molar-refractivity contribution >= 4 is 12.0 Å². The van der Waals surface area contributed by atoms with Crippen LogP contribution in [0.2, 0.25) is 0 Å². The summed E-state index contributed by atoms with van der Waals surface area (Å²) in [5.74, 6) is -0.932. The van der Waals surface area contributed by atoms with Crippen molar-refractivity contribution in [1.82, 2.24) is 0 Å². The lowest BCUT2D eigenvalue weighted by Crippen LogP contribution is -1.96. The van der Waals surface area contributed by atoms with E-state index in [0.29, 0.717) is 0 Å². The zero-order valence-electron chi connectivity index (χ0n) is 9.91. The van der Waals surface area contributed by atoms with Crippen LogP contribution in [-0.2, 0) is 11.2 Å². The SMILES string of the molecule is O=C(O)C=CC=CC=C1C=Cc2ccccc2C1. The fraction of sp³-hybridized carbons (Fsp3) is 0.0625. The van der Waals surface area contributed by atoms with E-state index in [-0.39, 0.29) is 0 Å². The summed E-state index contributed by atoms with van der Waals surface area (Å²) in [6, 6.07) is 8.31. The third-order valence-electron chi connectivity index (χ3n) is 2.70. The Hall–Kier alpha value is -2.35. The molecule has 0 radical (unpaired) electrons. The summed E-state index contributed by atoms with van der Waals surface area (Å²) in [4.78, 5) is 10.3. The zero-order chi connectivity index (χ0) is 12.8. The number of carbonyl (C=O) groups is 1. The van der Waals surface area contributed by atoms with Gasteiger partial charge in [0.1, 0.15) is 0 Å². The van der Waals surface area contributed by atoms with Crippen molar-refractivity contribution in [3.05, 3.63) is 77.4 Å². The summed E-state index contributed by atoms with van der Waals surface area (Å²) in [7, 11) is 0. The van der Waals surface area contributed by atoms with Crippen LogP contribution < -0.4 is 0 Å². The maximum absolute atomic E-state index is 10.3. The van der Waals surface area contributed by atoms with Crippen LogP contribution in [0.5, 0.6) is 0 Å². The third kappa shape index (κ3) is 3.32. The lowest BCUT2D eigenvalue weighted by Gasteiger charge is -2.11. The molecule has 1 aliphatic carbocycles. The number of hydrogen-bond acceptors (Lipinski definition) is 1. The molecule has 2 heteroatoms. The highest BCUT2D eigenvalue weighted by molar-refractivity contribution is 5.80. The van der Waals surface area contributed by atoms with E-state index in [2.05, 4.69) is 24.3 Å². The highest BCUT2D eigenvalue weighted by Crippen LogP contribution is 2.21. The minimum absolute atomic E-state index is 0.916. The van der Waals surface area contributed by atoms with Crippen LogP contribution in [0.15, 0.2) is 66.3 Å². The van der Waals surface area contributed by atoms with Gasteiger partial charge in [0.05, 0.1) is 0 Å². The van der Waals surface area contributed by atoms with E-state index in [9.17, 15) is 4.79 Å². The molecule has 18 heavy (non-hydrogen) atoms. The normalized spacial score (nSPS) is 16.6. The Morgan fingerprint density at radius 2 is 1.94 bits per heavy atom. The molecule has 1 aromatic carbocycles. The van der Waals surface area contributed by atoms with E-state index in [1.165, 1.54) is 22.8 Å². The Kier molecular flexibility index (Phi) is 3.92. The Labute approximate surface area is 106 Å². The minimum Gasteiger partial charge on any atom is -0.478 e. The number of benzene rings is 1. The van der Waals surface area contributed by atoms with Gasteiger partial charge in [0.2, 0.25) is 0 Å². The Morgan fingerprint density at radius 1 is 1.11 bits per heavy atom. The maximum atomic E-state index is 10.3. The van der Waals surface area contributed by atoms with Crippen molar-refractivity contribution < 1.29 is 9.90 Å². The van der Waals surface area contributed by atoms with Gasteiger partial charge >= 0.3 is 5.97 Å². The standard InChI is InChI=1S/C16H14O2/c17-16(18)9-3-1-2-6-13-10-11-14-7-4-5-8-15(14)12-13/h1-11H,12H2,(H,17,18). The van der Waals surface area contributed by atoms with Crippen molar-refractivity contribution in [2.24, 2.45) is 0 Å². The predicted molar refractivity (Wildman–Crippen MR) is 73.2 cm³/mol. The predicted octanol–water partition coefficient (Wildman–Crippen LogP) is 3.38. The molecule has 0 fully saturated rings. The van der Waals surface area contributed by atoms with Crippen LogP contribution in [-0.4, -0.2) is 11.1 Å². The van der Waals surface area contributed by atoms with Crippen LogP contribution in [0.25, 0.3) is 6.08 Å². The number of carboxylic acid groups (broad SMARTS) is 1. The molecule has 0 heterocycles. The molecular formula is C16H14O2. The molecule has 2 rings (SSSR count). The van der Waals surface area contributed by atoms with Gasteiger partial charge in [-0.05, 0) is 23.1 Å². The van der Waals surface area contributed by atoms with Crippen molar-refractivity contribution in [3.63, 3.8) is 0 Å². The van der Waals surface area contributed by atoms with Gasteiger partial charge in [0.25, 0.3) is 0 Å². The fourth-order valence-electron chi connectivity index (χ4n) is 1.83. The van der Waals surface area contributed by atoms with E-state index in [4.69, 9.17) is 5.11 Å². The van der Waals surface area contributed by atoms with Crippen molar-refractivity contribution in [2.45, 2.75) is 6.42 Å². The second kappa shape index (κ2) is 5.82. The van der Waals surface area contributed by atoms with Crippen molar-refractivity contribution in [1.29, 1.82) is 0 Å². The highest BCUT2D eigenvalue weighted by atomic mass is 16.4. The summed E-state index contributed by atoms with van der Waals surface area (Å²) in [5, 5.41) is 8.42. The number of allylic oxidation sites excluding steroid dienone is 6. The number of aliphatic carboxylic acids is 1. The molecule has 1 aromatic rings. The van der Waals surface area contributed by atoms with Crippen LogP contribution in [0, 0.1) is 0 Å². The molecule has 0 bridgehead atoms. The molecule has 0 spiro atoms. The highest BCUT2D eigenvalue weighted by Gasteiger charge is 2.05. The van der Waals surface area contributed by atoms with Gasteiger partial charge in [0, 0.05) is 6.08 Å². The Morgan fingerprint density at radius 3 is 2.78 bits per heavy atom. The van der Waals surface area contributed by atoms with E-state index < -0.39 is 5.97 Å². The average molecular weight is 238 g/mol. The smallest absolute Gasteiger partial charge is 0.328 e. The van der Waals surface area contributed by atoms with Gasteiger partial charge in [-0.1, -0.05) is 60.7 Å². The summed E-state index contributed by atoms with van der Waals surface area (Å²) >= 11 is 0. The first kappa shape index (κ1) is 12.1. The molecule has 0 amide bonds. The molecule has 0 unspecified atom stereocenters. The molecule has 0 saturated heterocycles. The molecule has 0 aliphatic heterocycles. The molecule has 0 saturated carbocycles. The number of rotatable bonds is 3. The van der Waals surface area contributed by atoms with Gasteiger partial charge < -0.3 is 5.11 Å². The van der Waals surface area contributed by atoms with Crippen LogP contribution >= 0.6 is 0 Å². The van der Waals surface area contributed by atoms with Crippen LogP contribution in [0.4, 0.5) is 0 Å². The average Bonchev–Trinajstić information content (AvgIpc) is 2.38. The summed E-state index contributed by atoms with van der Waals surface area (Å²) < 4.78 is 0. The number of hydrogen-bond donors (Lipinski definition) is 1. The fourth-order valence-corrected chi connectivity index (χ4v) is 1.83. The molecule has 2 nitrogen and oxygen atoms in total. The molecule has 1 aliphatic rings. The van der Waals surface area contributed by atoms with Gasteiger partial charge in [-0.15, -0.1) is 0 Å². The second-order valence-corrected chi connectivity index (χ2v) is 4.03. The number of carboxylic acids is 1. The van der Waals surface area contributed by atoms with Gasteiger partial charge in [-0.3, -0.25) is 0 Å². The third-order valence-corrected chi connectivity index (χ3v) is 2.70. The first-order valence-corrected chi connectivity index (χ1v) is 5.78. The van der Waals surface area contributed by atoms with Gasteiger partial charge in [0.15, 0.2) is 0 Å². The lowest BCUT2D eigenvalue weighted by molar-refractivity contribution is -0.131. The largest absolute Gasteiger partial charge is 0.478 e. The van der Waals surface area contributed by atoms with E-state index in [1.807, 2.05) is 24.3 Å². The molecule has 0 atom stereocenters. The van der Waals surface area contributed by atoms with E-state index in [0.717, 1.165) is 12.5 Å². The minimum atomic E-state index is -0.932. The lowest BCUT2D eigenvalue weighted by atomic mass is 9.94. The summed E-state index contributed by atoms with van der Waals surface area (Å²) in [5.41, 5.74) is 3.80. The second-order valence-electron chi connectivity index (χ2n) is 4.03. The first-order valence-electron chi connectivity index (χ1n) is 5.78. The van der Waals surface area contributed by atoms with Crippen molar-refractivity contribution in [2.75, 3.05) is 0 Å². The van der Waals surface area contributed by atoms with Gasteiger partial charge in [-0.25, -0.2) is 4.79 Å². The summed E-state index contributed by atoms with van der Waals surface area (Å²) in [6.45, 7) is 0. The van der Waals surface area contributed by atoms with Gasteiger partial charge in [-0.2, -0.15) is 0 Å². The van der Waals surface area contributed by atoms with E-state index >= 15 is 0 Å². The van der Waals surface area contributed by atoms with Crippen LogP contribution in [0.1, 0.15) is 11.1 Å². The monoisotopic (exact) mass is 238 g/mol. The molecule has 0 aromatic heterocycles. The topological polar surface area (TPSA) is 37.3 Å². The quantitative estimate of drug-likeness (QED) is 0.647.